The van der Waals surface area contributed by atoms with Crippen molar-refractivity contribution in [2.24, 2.45) is 5.92 Å². The molecular weight excluding hydrogens is 282 g/mol. The largest absolute Gasteiger partial charge is 0.485 e. The summed E-state index contributed by atoms with van der Waals surface area (Å²) in [6.07, 6.45) is 1.00. The molecule has 1 atom stereocenters. The molecule has 6 heteroatoms. The fourth-order valence-corrected chi connectivity index (χ4v) is 2.29. The van der Waals surface area contributed by atoms with Gasteiger partial charge in [0, 0.05) is 12.6 Å². The maximum atomic E-state index is 12.4. The van der Waals surface area contributed by atoms with Crippen LogP contribution in [0.3, 0.4) is 0 Å². The number of aromatic nitrogens is 2. The number of para-hydroxylation sites is 2. The number of hydrogen-bond donors (Lipinski definition) is 1. The van der Waals surface area contributed by atoms with Gasteiger partial charge < -0.3 is 14.8 Å². The average Bonchev–Trinajstić information content (AvgIpc) is 2.93. The molecule has 1 aliphatic heterocycles. The molecule has 0 bridgehead atoms. The van der Waals surface area contributed by atoms with Crippen LogP contribution in [0.4, 0.5) is 5.82 Å². The molecule has 0 fully saturated rings. The van der Waals surface area contributed by atoms with Crippen LogP contribution < -0.4 is 14.8 Å². The van der Waals surface area contributed by atoms with E-state index in [1.165, 1.54) is 0 Å². The van der Waals surface area contributed by atoms with Gasteiger partial charge in [0.1, 0.15) is 12.4 Å². The summed E-state index contributed by atoms with van der Waals surface area (Å²) >= 11 is 0. The number of anilines is 1. The lowest BCUT2D eigenvalue weighted by Crippen LogP contribution is -2.40. The van der Waals surface area contributed by atoms with Crippen LogP contribution in [-0.2, 0) is 11.3 Å². The second-order valence-corrected chi connectivity index (χ2v) is 5.65. The number of carbonyl (C=O) groups excluding carboxylic acids is 1. The number of hydrogen-bond acceptors (Lipinski definition) is 4. The van der Waals surface area contributed by atoms with Gasteiger partial charge in [0.05, 0.1) is 6.20 Å². The van der Waals surface area contributed by atoms with Gasteiger partial charge >= 0.3 is 0 Å². The highest BCUT2D eigenvalue weighted by Crippen LogP contribution is 2.31. The van der Waals surface area contributed by atoms with E-state index in [2.05, 4.69) is 24.3 Å². The fraction of sp³-hybridized carbons (Fsp3) is 0.375. The van der Waals surface area contributed by atoms with Crippen molar-refractivity contribution in [3.8, 4) is 11.5 Å². The molecular formula is C16H19N3O3. The Hall–Kier alpha value is -2.50. The minimum atomic E-state index is -0.669. The Labute approximate surface area is 129 Å². The van der Waals surface area contributed by atoms with E-state index in [4.69, 9.17) is 9.47 Å². The third-order valence-electron chi connectivity index (χ3n) is 3.31. The quantitative estimate of drug-likeness (QED) is 0.941. The van der Waals surface area contributed by atoms with Crippen LogP contribution in [-0.4, -0.2) is 28.4 Å². The number of benzene rings is 1. The van der Waals surface area contributed by atoms with Crippen LogP contribution in [0, 0.1) is 5.92 Å². The third-order valence-corrected chi connectivity index (χ3v) is 3.31. The van der Waals surface area contributed by atoms with E-state index in [1.54, 1.807) is 23.0 Å². The van der Waals surface area contributed by atoms with Gasteiger partial charge in [-0.2, -0.15) is 5.10 Å². The topological polar surface area (TPSA) is 65.4 Å². The predicted molar refractivity (Wildman–Crippen MR) is 82.0 cm³/mol. The molecule has 0 saturated carbocycles. The second kappa shape index (κ2) is 6.09. The normalized spacial score (nSPS) is 16.6. The van der Waals surface area contributed by atoms with E-state index in [9.17, 15) is 4.79 Å². The summed E-state index contributed by atoms with van der Waals surface area (Å²) in [6, 6.07) is 9.10. The molecule has 0 aliphatic carbocycles. The Morgan fingerprint density at radius 3 is 2.91 bits per heavy atom. The number of carbonyl (C=O) groups is 1. The summed E-state index contributed by atoms with van der Waals surface area (Å²) < 4.78 is 13.0. The van der Waals surface area contributed by atoms with Crippen molar-refractivity contribution in [1.29, 1.82) is 0 Å². The summed E-state index contributed by atoms with van der Waals surface area (Å²) in [6.45, 7) is 5.14. The molecule has 0 spiro atoms. The van der Waals surface area contributed by atoms with E-state index < -0.39 is 6.10 Å². The van der Waals surface area contributed by atoms with Gasteiger partial charge in [0.25, 0.3) is 5.91 Å². The van der Waals surface area contributed by atoms with E-state index in [1.807, 2.05) is 18.2 Å². The zero-order valence-corrected chi connectivity index (χ0v) is 12.7. The zero-order chi connectivity index (χ0) is 15.5. The summed E-state index contributed by atoms with van der Waals surface area (Å²) in [5, 5.41) is 7.07. The first-order chi connectivity index (χ1) is 10.6. The van der Waals surface area contributed by atoms with Crippen LogP contribution in [0.25, 0.3) is 0 Å². The van der Waals surface area contributed by atoms with E-state index >= 15 is 0 Å². The molecule has 6 nitrogen and oxygen atoms in total. The van der Waals surface area contributed by atoms with Gasteiger partial charge in [-0.05, 0) is 18.1 Å². The number of rotatable bonds is 4. The van der Waals surface area contributed by atoms with Crippen molar-refractivity contribution in [3.05, 3.63) is 36.5 Å². The minimum absolute atomic E-state index is 0.196. The van der Waals surface area contributed by atoms with Gasteiger partial charge in [-0.3, -0.25) is 4.79 Å². The summed E-state index contributed by atoms with van der Waals surface area (Å²) in [5.41, 5.74) is 0. The molecule has 3 rings (SSSR count). The number of nitrogens with zero attached hydrogens (tertiary/aromatic N) is 2. The predicted octanol–water partition coefficient (Wildman–Crippen LogP) is 2.32. The first-order valence-corrected chi connectivity index (χ1v) is 7.34. The number of amides is 1. The van der Waals surface area contributed by atoms with Crippen LogP contribution in [0.5, 0.6) is 11.5 Å². The van der Waals surface area contributed by atoms with Crippen molar-refractivity contribution < 1.29 is 14.3 Å². The fourth-order valence-electron chi connectivity index (χ4n) is 2.29. The van der Waals surface area contributed by atoms with Crippen LogP contribution in [0.1, 0.15) is 13.8 Å². The van der Waals surface area contributed by atoms with Crippen LogP contribution >= 0.6 is 0 Å². The number of ether oxygens (including phenoxy) is 2. The lowest BCUT2D eigenvalue weighted by Gasteiger charge is -2.25. The summed E-state index contributed by atoms with van der Waals surface area (Å²) in [7, 11) is 0. The first-order valence-electron chi connectivity index (χ1n) is 7.34. The van der Waals surface area contributed by atoms with Crippen molar-refractivity contribution in [2.75, 3.05) is 11.9 Å². The number of nitrogens with one attached hydrogen (secondary N) is 1. The summed E-state index contributed by atoms with van der Waals surface area (Å²) in [5.74, 6) is 2.12. The summed E-state index contributed by atoms with van der Waals surface area (Å²) in [4.78, 5) is 12.4. The lowest BCUT2D eigenvalue weighted by atomic mass is 10.2. The molecule has 1 aliphatic rings. The average molecular weight is 301 g/mol. The second-order valence-electron chi connectivity index (χ2n) is 5.65. The maximum Gasteiger partial charge on any atom is 0.270 e. The smallest absolute Gasteiger partial charge is 0.270 e. The minimum Gasteiger partial charge on any atom is -0.485 e. The number of fused-ring (bicyclic) bond motifs is 1. The molecule has 1 aromatic carbocycles. The Kier molecular flexibility index (Phi) is 4.00. The molecule has 0 saturated heterocycles. The monoisotopic (exact) mass is 301 g/mol. The molecule has 2 aromatic rings. The molecule has 1 amide bonds. The molecule has 1 aromatic heterocycles. The molecule has 1 unspecified atom stereocenters. The Morgan fingerprint density at radius 1 is 1.36 bits per heavy atom. The molecule has 0 radical (unpaired) electrons. The Morgan fingerprint density at radius 2 is 2.14 bits per heavy atom. The van der Waals surface area contributed by atoms with Crippen molar-refractivity contribution in [1.82, 2.24) is 9.78 Å². The van der Waals surface area contributed by atoms with Crippen LogP contribution in [0.15, 0.2) is 36.5 Å². The van der Waals surface area contributed by atoms with Gasteiger partial charge in [0.2, 0.25) is 6.10 Å². The van der Waals surface area contributed by atoms with Crippen LogP contribution in [0.2, 0.25) is 0 Å². The lowest BCUT2D eigenvalue weighted by molar-refractivity contribution is -0.125. The molecule has 2 heterocycles. The van der Waals surface area contributed by atoms with E-state index in [0.29, 0.717) is 23.2 Å². The third kappa shape index (κ3) is 3.05. The van der Waals surface area contributed by atoms with Crippen molar-refractivity contribution in [3.63, 3.8) is 0 Å². The van der Waals surface area contributed by atoms with Gasteiger partial charge in [-0.25, -0.2) is 4.68 Å². The highest BCUT2D eigenvalue weighted by atomic mass is 16.6. The van der Waals surface area contributed by atoms with Gasteiger partial charge in [-0.15, -0.1) is 0 Å². The maximum absolute atomic E-state index is 12.4. The molecule has 22 heavy (non-hydrogen) atoms. The van der Waals surface area contributed by atoms with E-state index in [-0.39, 0.29) is 12.5 Å². The highest BCUT2D eigenvalue weighted by molar-refractivity contribution is 5.94. The van der Waals surface area contributed by atoms with Crippen molar-refractivity contribution >= 4 is 11.7 Å². The highest BCUT2D eigenvalue weighted by Gasteiger charge is 2.27. The molecule has 1 N–H and O–H groups in total. The van der Waals surface area contributed by atoms with E-state index in [0.717, 1.165) is 6.54 Å². The van der Waals surface area contributed by atoms with Gasteiger partial charge in [-0.1, -0.05) is 26.0 Å². The Balaban J connectivity index is 1.67. The first kappa shape index (κ1) is 14.4. The zero-order valence-electron chi connectivity index (χ0n) is 12.7. The molecule has 116 valence electrons. The van der Waals surface area contributed by atoms with Crippen molar-refractivity contribution in [2.45, 2.75) is 26.5 Å². The Bertz CT molecular complexity index is 666. The SMILES string of the molecule is CC(C)Cn1nccc1NC(=O)C1COc2ccccc2O1. The standard InChI is InChI=1S/C16H19N3O3/c1-11(2)9-19-15(7-8-17-19)18-16(20)14-10-21-12-5-3-4-6-13(12)22-14/h3-8,11,14H,9-10H2,1-2H3,(H,18,20). The van der Waals surface area contributed by atoms with Gasteiger partial charge in [0.15, 0.2) is 11.5 Å².